The lowest BCUT2D eigenvalue weighted by atomic mass is 9.80. The largest absolute Gasteiger partial charge is 0.352 e. The van der Waals surface area contributed by atoms with Crippen molar-refractivity contribution in [2.75, 3.05) is 13.1 Å². The van der Waals surface area contributed by atoms with Crippen molar-refractivity contribution in [2.45, 2.75) is 51.5 Å². The number of sulfonamides is 1. The number of nitrogens with one attached hydrogen (secondary N) is 1. The standard InChI is InChI=1S/C24H32N2O3S/c1-19(2)17-20-9-11-22(12-10-20)30(28,29)26-15-13-24(3,14-16-26)23(27)25-18-21-7-5-4-6-8-21/h4-12,19H,13-18H2,1-3H3,(H,25,27). The summed E-state index contributed by atoms with van der Waals surface area (Å²) in [6, 6.07) is 17.0. The monoisotopic (exact) mass is 428 g/mol. The van der Waals surface area contributed by atoms with Crippen LogP contribution in [0.1, 0.15) is 44.7 Å². The summed E-state index contributed by atoms with van der Waals surface area (Å²) >= 11 is 0. The molecule has 5 nitrogen and oxygen atoms in total. The molecular formula is C24H32N2O3S. The van der Waals surface area contributed by atoms with Crippen LogP contribution in [0.4, 0.5) is 0 Å². The topological polar surface area (TPSA) is 66.5 Å². The lowest BCUT2D eigenvalue weighted by Crippen LogP contribution is -2.48. The number of benzene rings is 2. The Labute approximate surface area is 180 Å². The predicted molar refractivity (Wildman–Crippen MR) is 119 cm³/mol. The van der Waals surface area contributed by atoms with Gasteiger partial charge in [0.2, 0.25) is 15.9 Å². The van der Waals surface area contributed by atoms with Crippen LogP contribution in [-0.4, -0.2) is 31.7 Å². The fraction of sp³-hybridized carbons (Fsp3) is 0.458. The number of carbonyl (C=O) groups excluding carboxylic acids is 1. The van der Waals surface area contributed by atoms with Crippen molar-refractivity contribution >= 4 is 15.9 Å². The first-order valence-electron chi connectivity index (χ1n) is 10.6. The number of hydrogen-bond donors (Lipinski definition) is 1. The van der Waals surface area contributed by atoms with E-state index < -0.39 is 15.4 Å². The third-order valence-corrected chi connectivity index (χ3v) is 7.79. The smallest absolute Gasteiger partial charge is 0.243 e. The molecule has 0 unspecified atom stereocenters. The highest BCUT2D eigenvalue weighted by Crippen LogP contribution is 2.33. The van der Waals surface area contributed by atoms with Crippen LogP contribution in [0, 0.1) is 11.3 Å². The van der Waals surface area contributed by atoms with Gasteiger partial charge in [0, 0.05) is 25.0 Å². The van der Waals surface area contributed by atoms with E-state index in [1.807, 2.05) is 49.4 Å². The summed E-state index contributed by atoms with van der Waals surface area (Å²) < 4.78 is 27.6. The molecular weight excluding hydrogens is 396 g/mol. The molecule has 1 fully saturated rings. The third kappa shape index (κ3) is 5.29. The average Bonchev–Trinajstić information content (AvgIpc) is 2.73. The quantitative estimate of drug-likeness (QED) is 0.725. The molecule has 162 valence electrons. The van der Waals surface area contributed by atoms with Crippen LogP contribution in [0.3, 0.4) is 0 Å². The molecule has 0 spiro atoms. The molecule has 0 radical (unpaired) electrons. The van der Waals surface area contributed by atoms with Crippen molar-refractivity contribution < 1.29 is 13.2 Å². The molecule has 1 aliphatic rings. The van der Waals surface area contributed by atoms with Crippen molar-refractivity contribution in [3.63, 3.8) is 0 Å². The fourth-order valence-corrected chi connectivity index (χ4v) is 5.30. The minimum Gasteiger partial charge on any atom is -0.352 e. The maximum Gasteiger partial charge on any atom is 0.243 e. The molecule has 0 aliphatic carbocycles. The number of carbonyl (C=O) groups is 1. The first-order chi connectivity index (χ1) is 14.2. The average molecular weight is 429 g/mol. The molecule has 2 aromatic carbocycles. The highest BCUT2D eigenvalue weighted by Gasteiger charge is 2.40. The lowest BCUT2D eigenvalue weighted by molar-refractivity contribution is -0.132. The fourth-order valence-electron chi connectivity index (χ4n) is 3.86. The van der Waals surface area contributed by atoms with Gasteiger partial charge in [0.05, 0.1) is 4.90 Å². The van der Waals surface area contributed by atoms with E-state index in [1.54, 1.807) is 12.1 Å². The van der Waals surface area contributed by atoms with Gasteiger partial charge in [-0.1, -0.05) is 63.2 Å². The van der Waals surface area contributed by atoms with Gasteiger partial charge in [0.25, 0.3) is 0 Å². The highest BCUT2D eigenvalue weighted by molar-refractivity contribution is 7.89. The van der Waals surface area contributed by atoms with Gasteiger partial charge in [0.15, 0.2) is 0 Å². The van der Waals surface area contributed by atoms with E-state index in [0.29, 0.717) is 43.3 Å². The van der Waals surface area contributed by atoms with Gasteiger partial charge >= 0.3 is 0 Å². The van der Waals surface area contributed by atoms with Crippen LogP contribution < -0.4 is 5.32 Å². The first kappa shape index (κ1) is 22.5. The van der Waals surface area contributed by atoms with Crippen LogP contribution in [0.15, 0.2) is 59.5 Å². The molecule has 0 atom stereocenters. The second kappa shape index (κ2) is 9.31. The molecule has 30 heavy (non-hydrogen) atoms. The van der Waals surface area contributed by atoms with Crippen molar-refractivity contribution in [1.29, 1.82) is 0 Å². The molecule has 1 N–H and O–H groups in total. The Morgan fingerprint density at radius 2 is 1.60 bits per heavy atom. The maximum atomic E-state index is 13.0. The Morgan fingerprint density at radius 3 is 2.17 bits per heavy atom. The van der Waals surface area contributed by atoms with Gasteiger partial charge in [-0.05, 0) is 48.4 Å². The van der Waals surface area contributed by atoms with Crippen molar-refractivity contribution in [3.8, 4) is 0 Å². The zero-order valence-corrected chi connectivity index (χ0v) is 18.9. The highest BCUT2D eigenvalue weighted by atomic mass is 32.2. The minimum atomic E-state index is -3.54. The molecule has 1 aliphatic heterocycles. The third-order valence-electron chi connectivity index (χ3n) is 5.88. The van der Waals surface area contributed by atoms with Gasteiger partial charge in [-0.2, -0.15) is 4.31 Å². The Morgan fingerprint density at radius 1 is 1.00 bits per heavy atom. The van der Waals surface area contributed by atoms with Crippen molar-refractivity contribution in [2.24, 2.45) is 11.3 Å². The maximum absolute atomic E-state index is 13.0. The first-order valence-corrected chi connectivity index (χ1v) is 12.1. The Bertz CT molecular complexity index is 946. The zero-order valence-electron chi connectivity index (χ0n) is 18.1. The van der Waals surface area contributed by atoms with Gasteiger partial charge < -0.3 is 5.32 Å². The molecule has 0 bridgehead atoms. The van der Waals surface area contributed by atoms with Crippen LogP contribution in [0.25, 0.3) is 0 Å². The summed E-state index contributed by atoms with van der Waals surface area (Å²) in [4.78, 5) is 13.1. The molecule has 1 heterocycles. The zero-order chi connectivity index (χ0) is 21.8. The summed E-state index contributed by atoms with van der Waals surface area (Å²) in [5.41, 5.74) is 1.64. The second-order valence-corrected chi connectivity index (χ2v) is 10.8. The molecule has 1 amide bonds. The van der Waals surface area contributed by atoms with Crippen molar-refractivity contribution in [3.05, 3.63) is 65.7 Å². The molecule has 0 aromatic heterocycles. The van der Waals surface area contributed by atoms with Crippen molar-refractivity contribution in [1.82, 2.24) is 9.62 Å². The van der Waals surface area contributed by atoms with Gasteiger partial charge in [0.1, 0.15) is 0 Å². The predicted octanol–water partition coefficient (Wildman–Crippen LogP) is 3.99. The summed E-state index contributed by atoms with van der Waals surface area (Å²) in [7, 11) is -3.54. The van der Waals surface area contributed by atoms with E-state index in [0.717, 1.165) is 17.5 Å². The Hall–Kier alpha value is -2.18. The molecule has 6 heteroatoms. The Balaban J connectivity index is 1.60. The van der Waals surface area contributed by atoms with E-state index in [9.17, 15) is 13.2 Å². The number of nitrogens with zero attached hydrogens (tertiary/aromatic N) is 1. The van der Waals surface area contributed by atoms with Gasteiger partial charge in [-0.15, -0.1) is 0 Å². The second-order valence-electron chi connectivity index (χ2n) is 8.87. The normalized spacial score (nSPS) is 17.1. The molecule has 2 aromatic rings. The Kier molecular flexibility index (Phi) is 6.98. The van der Waals surface area contributed by atoms with E-state index in [2.05, 4.69) is 19.2 Å². The number of amides is 1. The molecule has 0 saturated carbocycles. The summed E-state index contributed by atoms with van der Waals surface area (Å²) in [6.07, 6.45) is 1.96. The van der Waals surface area contributed by atoms with E-state index in [1.165, 1.54) is 4.31 Å². The SMILES string of the molecule is CC(C)Cc1ccc(S(=O)(=O)N2CCC(C)(C(=O)NCc3ccccc3)CC2)cc1. The molecule has 1 saturated heterocycles. The number of hydrogen-bond acceptors (Lipinski definition) is 3. The summed E-state index contributed by atoms with van der Waals surface area (Å²) in [6.45, 7) is 7.41. The van der Waals surface area contributed by atoms with Gasteiger partial charge in [-0.25, -0.2) is 8.42 Å². The van der Waals surface area contributed by atoms with Crippen LogP contribution in [0.5, 0.6) is 0 Å². The van der Waals surface area contributed by atoms with E-state index in [-0.39, 0.29) is 5.91 Å². The lowest BCUT2D eigenvalue weighted by Gasteiger charge is -2.37. The number of piperidine rings is 1. The van der Waals surface area contributed by atoms with Crippen LogP contribution in [0.2, 0.25) is 0 Å². The van der Waals surface area contributed by atoms with Crippen LogP contribution >= 0.6 is 0 Å². The van der Waals surface area contributed by atoms with Gasteiger partial charge in [-0.3, -0.25) is 4.79 Å². The number of rotatable bonds is 7. The van der Waals surface area contributed by atoms with Crippen LogP contribution in [-0.2, 0) is 27.8 Å². The van der Waals surface area contributed by atoms with E-state index >= 15 is 0 Å². The van der Waals surface area contributed by atoms with E-state index in [4.69, 9.17) is 0 Å². The summed E-state index contributed by atoms with van der Waals surface area (Å²) in [5, 5.41) is 3.01. The molecule has 3 rings (SSSR count). The summed E-state index contributed by atoms with van der Waals surface area (Å²) in [5.74, 6) is 0.515. The minimum absolute atomic E-state index is 0.0126.